The molecule has 0 aliphatic heterocycles. The number of hydrogen-bond donors (Lipinski definition) is 4. The topological polar surface area (TPSA) is 120 Å². The van der Waals surface area contributed by atoms with E-state index in [-0.39, 0.29) is 18.2 Å². The Morgan fingerprint density at radius 1 is 0.971 bits per heavy atom. The predicted octanol–water partition coefficient (Wildman–Crippen LogP) is 2.25. The fourth-order valence-electron chi connectivity index (χ4n) is 3.45. The van der Waals surface area contributed by atoms with E-state index in [0.717, 1.165) is 11.1 Å². The SMILES string of the molecule is CSCCC(NC(=O)C(Cc1ccccc1)NC(=O)C(NCc1cccnc1)C(C)C)C(=O)O. The highest BCUT2D eigenvalue weighted by Crippen LogP contribution is 2.09. The normalized spacial score (nSPS) is 13.6. The second-order valence-corrected chi connectivity index (χ2v) is 9.38. The molecule has 0 saturated carbocycles. The molecule has 8 nitrogen and oxygen atoms in total. The van der Waals surface area contributed by atoms with Crippen LogP contribution in [-0.2, 0) is 27.3 Å². The number of nitrogens with zero attached hydrogens (tertiary/aromatic N) is 1. The van der Waals surface area contributed by atoms with Crippen molar-refractivity contribution in [1.29, 1.82) is 0 Å². The van der Waals surface area contributed by atoms with Gasteiger partial charge in [0.2, 0.25) is 11.8 Å². The maximum Gasteiger partial charge on any atom is 0.326 e. The van der Waals surface area contributed by atoms with Crippen LogP contribution in [0.1, 0.15) is 31.4 Å². The molecule has 3 atom stereocenters. The summed E-state index contributed by atoms with van der Waals surface area (Å²) >= 11 is 1.51. The lowest BCUT2D eigenvalue weighted by atomic mass is 10.0. The minimum absolute atomic E-state index is 0.0366. The molecule has 9 heteroatoms. The van der Waals surface area contributed by atoms with Gasteiger partial charge in [-0.25, -0.2) is 4.79 Å². The number of carboxylic acid groups (broad SMARTS) is 1. The molecule has 0 aliphatic rings. The van der Waals surface area contributed by atoms with Crippen LogP contribution in [0.5, 0.6) is 0 Å². The number of benzene rings is 1. The van der Waals surface area contributed by atoms with E-state index >= 15 is 0 Å². The first kappa shape index (κ1) is 27.3. The fourth-order valence-corrected chi connectivity index (χ4v) is 3.92. The van der Waals surface area contributed by atoms with Crippen molar-refractivity contribution in [2.24, 2.45) is 5.92 Å². The number of carbonyl (C=O) groups excluding carboxylic acids is 2. The Balaban J connectivity index is 2.15. The Morgan fingerprint density at radius 3 is 2.24 bits per heavy atom. The van der Waals surface area contributed by atoms with E-state index in [2.05, 4.69) is 20.9 Å². The minimum Gasteiger partial charge on any atom is -0.480 e. The summed E-state index contributed by atoms with van der Waals surface area (Å²) in [4.78, 5) is 42.0. The van der Waals surface area contributed by atoms with Gasteiger partial charge in [-0.05, 0) is 41.5 Å². The fraction of sp³-hybridized carbons (Fsp3) is 0.440. The zero-order chi connectivity index (χ0) is 24.9. The molecular weight excluding hydrogens is 452 g/mol. The molecule has 0 fully saturated rings. The van der Waals surface area contributed by atoms with Crippen LogP contribution in [0.2, 0.25) is 0 Å². The summed E-state index contributed by atoms with van der Waals surface area (Å²) in [5.41, 5.74) is 1.81. The summed E-state index contributed by atoms with van der Waals surface area (Å²) < 4.78 is 0. The summed E-state index contributed by atoms with van der Waals surface area (Å²) in [6.07, 6.45) is 5.85. The lowest BCUT2D eigenvalue weighted by Crippen LogP contribution is -2.56. The maximum absolute atomic E-state index is 13.2. The van der Waals surface area contributed by atoms with Gasteiger partial charge in [-0.3, -0.25) is 14.6 Å². The average molecular weight is 487 g/mol. The second-order valence-electron chi connectivity index (χ2n) is 8.40. The Bertz CT molecular complexity index is 912. The quantitative estimate of drug-likeness (QED) is 0.323. The second kappa shape index (κ2) is 14.4. The highest BCUT2D eigenvalue weighted by Gasteiger charge is 2.30. The van der Waals surface area contributed by atoms with Crippen molar-refractivity contribution in [3.8, 4) is 0 Å². The van der Waals surface area contributed by atoms with Gasteiger partial charge >= 0.3 is 5.97 Å². The van der Waals surface area contributed by atoms with Gasteiger partial charge in [-0.2, -0.15) is 11.8 Å². The van der Waals surface area contributed by atoms with Gasteiger partial charge in [0.05, 0.1) is 6.04 Å². The first-order chi connectivity index (χ1) is 16.3. The summed E-state index contributed by atoms with van der Waals surface area (Å²) in [5.74, 6) is -1.36. The molecule has 2 rings (SSSR count). The minimum atomic E-state index is -1.09. The standard InChI is InChI=1S/C25H34N4O4S/c1-17(2)22(27-16-19-10-7-12-26-15-19)24(31)29-21(14-18-8-5-4-6-9-18)23(30)28-20(25(32)33)11-13-34-3/h4-10,12,15,17,20-22,27H,11,13-14,16H2,1-3H3,(H,28,30)(H,29,31)(H,32,33). The van der Waals surface area contributed by atoms with E-state index in [1.54, 1.807) is 12.4 Å². The number of carbonyl (C=O) groups is 3. The van der Waals surface area contributed by atoms with Crippen LogP contribution in [-0.4, -0.2) is 58.0 Å². The molecule has 2 amide bonds. The van der Waals surface area contributed by atoms with E-state index < -0.39 is 30.0 Å². The van der Waals surface area contributed by atoms with Crippen molar-refractivity contribution in [3.05, 3.63) is 66.0 Å². The first-order valence-electron chi connectivity index (χ1n) is 11.3. The molecule has 184 valence electrons. The van der Waals surface area contributed by atoms with E-state index in [9.17, 15) is 19.5 Å². The van der Waals surface area contributed by atoms with Crippen LogP contribution < -0.4 is 16.0 Å². The molecule has 1 heterocycles. The van der Waals surface area contributed by atoms with Crippen molar-refractivity contribution in [3.63, 3.8) is 0 Å². The van der Waals surface area contributed by atoms with Gasteiger partial charge in [-0.15, -0.1) is 0 Å². The zero-order valence-corrected chi connectivity index (χ0v) is 20.7. The highest BCUT2D eigenvalue weighted by molar-refractivity contribution is 7.98. The van der Waals surface area contributed by atoms with Gasteiger partial charge in [0.15, 0.2) is 0 Å². The van der Waals surface area contributed by atoms with E-state index in [1.165, 1.54) is 11.8 Å². The molecule has 0 radical (unpaired) electrons. The Kier molecular flexibility index (Phi) is 11.6. The van der Waals surface area contributed by atoms with Gasteiger partial charge < -0.3 is 21.1 Å². The molecule has 0 aliphatic carbocycles. The highest BCUT2D eigenvalue weighted by atomic mass is 32.2. The molecular formula is C25H34N4O4S. The monoisotopic (exact) mass is 486 g/mol. The number of amides is 2. The Morgan fingerprint density at radius 2 is 1.65 bits per heavy atom. The van der Waals surface area contributed by atoms with Crippen molar-refractivity contribution in [2.75, 3.05) is 12.0 Å². The molecule has 34 heavy (non-hydrogen) atoms. The number of nitrogens with one attached hydrogen (secondary N) is 3. The number of rotatable bonds is 14. The van der Waals surface area contributed by atoms with Crippen LogP contribution in [0.15, 0.2) is 54.9 Å². The van der Waals surface area contributed by atoms with Gasteiger partial charge in [0.25, 0.3) is 0 Å². The molecule has 0 bridgehead atoms. The molecule has 2 aromatic rings. The number of aliphatic carboxylic acids is 1. The number of aromatic nitrogens is 1. The number of pyridine rings is 1. The predicted molar refractivity (Wildman–Crippen MR) is 134 cm³/mol. The summed E-state index contributed by atoms with van der Waals surface area (Å²) in [6.45, 7) is 4.31. The molecule has 1 aromatic heterocycles. The van der Waals surface area contributed by atoms with Crippen molar-refractivity contribution >= 4 is 29.5 Å². The van der Waals surface area contributed by atoms with E-state index in [0.29, 0.717) is 18.7 Å². The van der Waals surface area contributed by atoms with Gasteiger partial charge in [0, 0.05) is 25.4 Å². The van der Waals surface area contributed by atoms with E-state index in [1.807, 2.05) is 62.6 Å². The summed E-state index contributed by atoms with van der Waals surface area (Å²) in [5, 5.41) is 18.2. The smallest absolute Gasteiger partial charge is 0.326 e. The van der Waals surface area contributed by atoms with Gasteiger partial charge in [-0.1, -0.05) is 50.2 Å². The van der Waals surface area contributed by atoms with Crippen LogP contribution in [0.25, 0.3) is 0 Å². The average Bonchev–Trinajstić information content (AvgIpc) is 2.82. The number of carboxylic acids is 1. The van der Waals surface area contributed by atoms with Crippen LogP contribution in [0.3, 0.4) is 0 Å². The van der Waals surface area contributed by atoms with Crippen molar-refractivity contribution in [2.45, 2.75) is 51.4 Å². The molecule has 3 unspecified atom stereocenters. The van der Waals surface area contributed by atoms with Crippen LogP contribution in [0.4, 0.5) is 0 Å². The third kappa shape index (κ3) is 9.15. The molecule has 1 aromatic carbocycles. The molecule has 0 saturated heterocycles. The lowest BCUT2D eigenvalue weighted by Gasteiger charge is -2.26. The van der Waals surface area contributed by atoms with Crippen molar-refractivity contribution < 1.29 is 19.5 Å². The third-order valence-corrected chi connectivity index (χ3v) is 5.98. The van der Waals surface area contributed by atoms with Gasteiger partial charge in [0.1, 0.15) is 12.1 Å². The summed E-state index contributed by atoms with van der Waals surface area (Å²) in [6, 6.07) is 10.6. The van der Waals surface area contributed by atoms with Crippen LogP contribution >= 0.6 is 11.8 Å². The third-order valence-electron chi connectivity index (χ3n) is 5.34. The largest absolute Gasteiger partial charge is 0.480 e. The maximum atomic E-state index is 13.2. The Labute approximate surface area is 205 Å². The first-order valence-corrected chi connectivity index (χ1v) is 12.7. The molecule has 0 spiro atoms. The Hall–Kier alpha value is -2.91. The van der Waals surface area contributed by atoms with Crippen LogP contribution in [0, 0.1) is 5.92 Å². The molecule has 4 N–H and O–H groups in total. The van der Waals surface area contributed by atoms with E-state index in [4.69, 9.17) is 0 Å². The summed E-state index contributed by atoms with van der Waals surface area (Å²) in [7, 11) is 0. The van der Waals surface area contributed by atoms with Crippen molar-refractivity contribution in [1.82, 2.24) is 20.9 Å². The number of hydrogen-bond acceptors (Lipinski definition) is 6. The lowest BCUT2D eigenvalue weighted by molar-refractivity contribution is -0.142. The number of thioether (sulfide) groups is 1. The zero-order valence-electron chi connectivity index (χ0n) is 19.9.